The number of carbonyl (C=O) groups is 1. The number of methoxy groups -OCH3 is 1. The van der Waals surface area contributed by atoms with Gasteiger partial charge < -0.3 is 10.1 Å². The Hall–Kier alpha value is -3.33. The van der Waals surface area contributed by atoms with Crippen LogP contribution in [0.4, 0.5) is 5.13 Å². The Morgan fingerprint density at radius 3 is 2.53 bits per heavy atom. The van der Waals surface area contributed by atoms with Crippen LogP contribution < -0.4 is 15.4 Å². The van der Waals surface area contributed by atoms with Crippen LogP contribution in [0.15, 0.2) is 82.6 Å². The minimum Gasteiger partial charge on any atom is -0.495 e. The molecule has 0 spiro atoms. The first kappa shape index (κ1) is 22.5. The summed E-state index contributed by atoms with van der Waals surface area (Å²) in [6, 6.07) is 24.0. The topological polar surface area (TPSA) is 63.2 Å². The summed E-state index contributed by atoms with van der Waals surface area (Å²) in [5.41, 5.74) is 2.24. The third kappa shape index (κ3) is 4.40. The maximum Gasteiger partial charge on any atom is 0.261 e. The van der Waals surface area contributed by atoms with Gasteiger partial charge in [-0.3, -0.25) is 10.1 Å². The molecule has 0 saturated heterocycles. The monoisotopic (exact) mass is 547 g/mol. The lowest BCUT2D eigenvalue weighted by atomic mass is 10.1. The molecule has 0 atom stereocenters. The van der Waals surface area contributed by atoms with Gasteiger partial charge in [-0.05, 0) is 61.8 Å². The van der Waals surface area contributed by atoms with Crippen LogP contribution in [0.5, 0.6) is 5.75 Å². The van der Waals surface area contributed by atoms with E-state index < -0.39 is 0 Å². The highest BCUT2D eigenvalue weighted by Crippen LogP contribution is 2.36. The van der Waals surface area contributed by atoms with Crippen molar-refractivity contribution < 1.29 is 9.53 Å². The third-order valence-corrected chi connectivity index (χ3v) is 7.14. The average Bonchev–Trinajstić information content (AvgIpc) is 3.32. The molecule has 0 unspecified atom stereocenters. The number of amides is 1. The summed E-state index contributed by atoms with van der Waals surface area (Å²) in [6.45, 7) is 0. The Bertz CT molecular complexity index is 1560. The van der Waals surface area contributed by atoms with Crippen LogP contribution in [0.2, 0.25) is 0 Å². The lowest BCUT2D eigenvalue weighted by Crippen LogP contribution is -2.34. The van der Waals surface area contributed by atoms with E-state index in [9.17, 15) is 4.79 Å². The molecule has 0 fully saturated rings. The molecule has 5 nitrogen and oxygen atoms in total. The lowest BCUT2D eigenvalue weighted by molar-refractivity contribution is 0.0975. The smallest absolute Gasteiger partial charge is 0.261 e. The van der Waals surface area contributed by atoms with Gasteiger partial charge in [-0.25, -0.2) is 4.98 Å². The fourth-order valence-corrected chi connectivity index (χ4v) is 5.48. The van der Waals surface area contributed by atoms with Crippen LogP contribution in [-0.2, 0) is 0 Å². The quantitative estimate of drug-likeness (QED) is 0.237. The maximum atomic E-state index is 13.0. The number of nitrogens with one attached hydrogen (secondary N) is 2. The van der Waals surface area contributed by atoms with Crippen molar-refractivity contribution >= 4 is 77.2 Å². The van der Waals surface area contributed by atoms with Gasteiger partial charge in [-0.1, -0.05) is 60.7 Å². The van der Waals surface area contributed by atoms with Gasteiger partial charge in [0.2, 0.25) is 0 Å². The zero-order valence-corrected chi connectivity index (χ0v) is 21.2. The molecule has 0 radical (unpaired) electrons. The van der Waals surface area contributed by atoms with Gasteiger partial charge in [0.05, 0.1) is 22.8 Å². The standard InChI is InChI=1S/C26H18BrN3O2S2/c1-32-23-20(13-17-8-4-5-9-19(17)22(23)27)24(31)29-25(33)30-26-28-21(14-34-26)18-11-10-15-6-2-3-7-16(15)12-18/h2-14H,1H3,(H2,28,29,30,31,33). The number of hydrogen-bond donors (Lipinski definition) is 2. The van der Waals surface area contributed by atoms with E-state index >= 15 is 0 Å². The molecular weight excluding hydrogens is 530 g/mol. The highest BCUT2D eigenvalue weighted by atomic mass is 79.9. The van der Waals surface area contributed by atoms with Crippen molar-refractivity contribution in [2.24, 2.45) is 0 Å². The largest absolute Gasteiger partial charge is 0.495 e. The van der Waals surface area contributed by atoms with Crippen molar-refractivity contribution in [3.63, 3.8) is 0 Å². The molecule has 1 heterocycles. The molecule has 0 aliphatic rings. The zero-order valence-electron chi connectivity index (χ0n) is 18.0. The van der Waals surface area contributed by atoms with Crippen LogP contribution in [-0.4, -0.2) is 23.1 Å². The van der Waals surface area contributed by atoms with E-state index in [1.165, 1.54) is 23.8 Å². The Kier molecular flexibility index (Phi) is 6.28. The van der Waals surface area contributed by atoms with Crippen LogP contribution in [0.3, 0.4) is 0 Å². The van der Waals surface area contributed by atoms with E-state index in [0.717, 1.165) is 31.9 Å². The first-order valence-corrected chi connectivity index (χ1v) is 12.4. The molecule has 4 aromatic carbocycles. The predicted molar refractivity (Wildman–Crippen MR) is 147 cm³/mol. The Morgan fingerprint density at radius 2 is 1.74 bits per heavy atom. The van der Waals surface area contributed by atoms with Crippen LogP contribution in [0, 0.1) is 0 Å². The molecule has 168 valence electrons. The van der Waals surface area contributed by atoms with E-state index in [0.29, 0.717) is 16.4 Å². The number of thiocarbonyl (C=S) groups is 1. The Morgan fingerprint density at radius 1 is 1.00 bits per heavy atom. The molecule has 0 aliphatic heterocycles. The normalized spacial score (nSPS) is 10.9. The molecule has 0 saturated carbocycles. The number of ether oxygens (including phenoxy) is 1. The zero-order chi connectivity index (χ0) is 23.7. The second kappa shape index (κ2) is 9.50. The minimum atomic E-state index is -0.368. The van der Waals surface area contributed by atoms with Crippen molar-refractivity contribution in [2.45, 2.75) is 0 Å². The first-order chi connectivity index (χ1) is 16.5. The number of benzene rings is 4. The van der Waals surface area contributed by atoms with Gasteiger partial charge >= 0.3 is 0 Å². The van der Waals surface area contributed by atoms with E-state index in [4.69, 9.17) is 17.0 Å². The van der Waals surface area contributed by atoms with E-state index in [-0.39, 0.29) is 11.0 Å². The summed E-state index contributed by atoms with van der Waals surface area (Å²) < 4.78 is 6.23. The Balaban J connectivity index is 1.33. The fraction of sp³-hybridized carbons (Fsp3) is 0.0385. The third-order valence-electron chi connectivity index (χ3n) is 5.39. The highest BCUT2D eigenvalue weighted by molar-refractivity contribution is 9.10. The van der Waals surface area contributed by atoms with Gasteiger partial charge in [-0.15, -0.1) is 11.3 Å². The number of hydrogen-bond acceptors (Lipinski definition) is 5. The average molecular weight is 548 g/mol. The molecular formula is C26H18BrN3O2S2. The first-order valence-electron chi connectivity index (χ1n) is 10.4. The van der Waals surface area contributed by atoms with E-state index in [1.807, 2.05) is 47.8 Å². The number of halogens is 1. The maximum absolute atomic E-state index is 13.0. The van der Waals surface area contributed by atoms with E-state index in [2.05, 4.69) is 55.8 Å². The van der Waals surface area contributed by atoms with Gasteiger partial charge in [-0.2, -0.15) is 0 Å². The van der Waals surface area contributed by atoms with Crippen LogP contribution >= 0.6 is 39.5 Å². The summed E-state index contributed by atoms with van der Waals surface area (Å²) >= 11 is 10.4. The SMILES string of the molecule is COc1c(C(=O)NC(=S)Nc2nc(-c3ccc4ccccc4c3)cs2)cc2ccccc2c1Br. The molecule has 1 aromatic heterocycles. The number of thiazole rings is 1. The van der Waals surface area contributed by atoms with Crippen molar-refractivity contribution in [1.29, 1.82) is 0 Å². The number of nitrogens with zero attached hydrogens (tertiary/aromatic N) is 1. The molecule has 0 bridgehead atoms. The molecule has 8 heteroatoms. The summed E-state index contributed by atoms with van der Waals surface area (Å²) in [5.74, 6) is 0.0824. The second-order valence-electron chi connectivity index (χ2n) is 7.50. The molecule has 1 amide bonds. The van der Waals surface area contributed by atoms with Crippen molar-refractivity contribution in [3.05, 3.63) is 88.2 Å². The number of rotatable bonds is 4. The predicted octanol–water partition coefficient (Wildman–Crippen LogP) is 7.01. The molecule has 5 rings (SSSR count). The lowest BCUT2D eigenvalue weighted by Gasteiger charge is -2.14. The van der Waals surface area contributed by atoms with Crippen molar-refractivity contribution in [3.8, 4) is 17.0 Å². The van der Waals surface area contributed by atoms with Crippen LogP contribution in [0.1, 0.15) is 10.4 Å². The Labute approximate surface area is 213 Å². The van der Waals surface area contributed by atoms with Crippen molar-refractivity contribution in [2.75, 3.05) is 12.4 Å². The summed E-state index contributed by atoms with van der Waals surface area (Å²) in [6.07, 6.45) is 0. The summed E-state index contributed by atoms with van der Waals surface area (Å²) in [4.78, 5) is 17.6. The highest BCUT2D eigenvalue weighted by Gasteiger charge is 2.19. The van der Waals surface area contributed by atoms with Crippen molar-refractivity contribution in [1.82, 2.24) is 10.3 Å². The van der Waals surface area contributed by atoms with Gasteiger partial charge in [0, 0.05) is 10.9 Å². The van der Waals surface area contributed by atoms with Gasteiger partial charge in [0.25, 0.3) is 5.91 Å². The van der Waals surface area contributed by atoms with Crippen LogP contribution in [0.25, 0.3) is 32.8 Å². The van der Waals surface area contributed by atoms with Gasteiger partial charge in [0.15, 0.2) is 10.2 Å². The summed E-state index contributed by atoms with van der Waals surface area (Å²) in [7, 11) is 1.53. The second-order valence-corrected chi connectivity index (χ2v) is 9.56. The fourth-order valence-electron chi connectivity index (χ4n) is 3.76. The number of aromatic nitrogens is 1. The van der Waals surface area contributed by atoms with Gasteiger partial charge in [0.1, 0.15) is 5.75 Å². The number of carbonyl (C=O) groups excluding carboxylic acids is 1. The molecule has 5 aromatic rings. The number of anilines is 1. The van der Waals surface area contributed by atoms with E-state index in [1.54, 1.807) is 6.07 Å². The number of fused-ring (bicyclic) bond motifs is 2. The molecule has 34 heavy (non-hydrogen) atoms. The molecule has 2 N–H and O–H groups in total. The molecule has 0 aliphatic carbocycles. The minimum absolute atomic E-state index is 0.163. The summed E-state index contributed by atoms with van der Waals surface area (Å²) in [5, 5.41) is 12.7.